The van der Waals surface area contributed by atoms with Crippen molar-refractivity contribution in [2.24, 2.45) is 0 Å². The second-order valence-corrected chi connectivity index (χ2v) is 7.20. The second kappa shape index (κ2) is 7.77. The molecule has 0 saturated heterocycles. The van der Waals surface area contributed by atoms with Crippen LogP contribution in [0.4, 0.5) is 10.7 Å². The molecule has 2 N–H and O–H groups in total. The van der Waals surface area contributed by atoms with Crippen molar-refractivity contribution in [2.75, 3.05) is 17.7 Å². The van der Waals surface area contributed by atoms with E-state index in [1.54, 1.807) is 0 Å². The first kappa shape index (κ1) is 18.4. The molecule has 0 bridgehead atoms. The molecule has 0 aliphatic rings. The number of ether oxygens (including phenoxy) is 1. The third-order valence-corrected chi connectivity index (χ3v) is 5.08. The fourth-order valence-electron chi connectivity index (χ4n) is 2.60. The third kappa shape index (κ3) is 4.13. The van der Waals surface area contributed by atoms with Gasteiger partial charge in [-0.15, -0.1) is 11.3 Å². The van der Waals surface area contributed by atoms with Crippen LogP contribution < -0.4 is 10.6 Å². The van der Waals surface area contributed by atoms with Crippen LogP contribution in [-0.4, -0.2) is 18.2 Å². The van der Waals surface area contributed by atoms with Crippen molar-refractivity contribution >= 4 is 45.3 Å². The molecule has 4 nitrogen and oxygen atoms in total. The predicted molar refractivity (Wildman–Crippen MR) is 106 cm³/mol. The number of esters is 1. The number of carbonyl (C=O) groups is 1. The standard InChI is InChI=1S/C18H22N2O2S2/c1-6-13-9-14(17(21)22-5)16(24-13)20-18(23)19-15-11(3)7-10(2)8-12(15)4/h7-9H,6H2,1-5H3,(H2,19,20,23). The highest BCUT2D eigenvalue weighted by atomic mass is 32.1. The van der Waals surface area contributed by atoms with Gasteiger partial charge in [0.05, 0.1) is 12.7 Å². The summed E-state index contributed by atoms with van der Waals surface area (Å²) in [5.41, 5.74) is 4.98. The van der Waals surface area contributed by atoms with Gasteiger partial charge >= 0.3 is 5.97 Å². The van der Waals surface area contributed by atoms with E-state index in [4.69, 9.17) is 17.0 Å². The molecule has 0 fully saturated rings. The molecule has 2 rings (SSSR count). The van der Waals surface area contributed by atoms with Crippen molar-refractivity contribution in [1.29, 1.82) is 0 Å². The van der Waals surface area contributed by atoms with Crippen molar-refractivity contribution < 1.29 is 9.53 Å². The SMILES string of the molecule is CCc1cc(C(=O)OC)c(NC(=S)Nc2c(C)cc(C)cc2C)s1. The number of hydrogen-bond acceptors (Lipinski definition) is 4. The molecule has 0 atom stereocenters. The number of thiocarbonyl (C=S) groups is 1. The molecule has 0 aliphatic carbocycles. The molecule has 1 aromatic carbocycles. The number of aryl methyl sites for hydroxylation is 4. The molecule has 1 heterocycles. The van der Waals surface area contributed by atoms with E-state index in [-0.39, 0.29) is 5.97 Å². The van der Waals surface area contributed by atoms with E-state index in [0.717, 1.165) is 28.1 Å². The zero-order valence-corrected chi connectivity index (χ0v) is 16.2. The maximum Gasteiger partial charge on any atom is 0.340 e. The second-order valence-electron chi connectivity index (χ2n) is 5.65. The molecular weight excluding hydrogens is 340 g/mol. The molecule has 128 valence electrons. The predicted octanol–water partition coefficient (Wildman–Crippen LogP) is 4.83. The first-order valence-electron chi connectivity index (χ1n) is 7.72. The quantitative estimate of drug-likeness (QED) is 0.602. The number of thiophene rings is 1. The van der Waals surface area contributed by atoms with Crippen molar-refractivity contribution in [3.05, 3.63) is 45.3 Å². The van der Waals surface area contributed by atoms with Crippen LogP contribution in [0.3, 0.4) is 0 Å². The Morgan fingerprint density at radius 3 is 2.33 bits per heavy atom. The number of methoxy groups -OCH3 is 1. The van der Waals surface area contributed by atoms with Gasteiger partial charge in [0.25, 0.3) is 0 Å². The van der Waals surface area contributed by atoms with Gasteiger partial charge in [0, 0.05) is 10.6 Å². The smallest absolute Gasteiger partial charge is 0.340 e. The first-order chi connectivity index (χ1) is 11.3. The topological polar surface area (TPSA) is 50.4 Å². The summed E-state index contributed by atoms with van der Waals surface area (Å²) in [5, 5.41) is 7.54. The van der Waals surface area contributed by atoms with Crippen LogP contribution in [0.1, 0.15) is 38.8 Å². The van der Waals surface area contributed by atoms with Gasteiger partial charge in [-0.05, 0) is 56.6 Å². The summed E-state index contributed by atoms with van der Waals surface area (Å²) < 4.78 is 4.85. The highest BCUT2D eigenvalue weighted by Gasteiger charge is 2.17. The molecular formula is C18H22N2O2S2. The summed E-state index contributed by atoms with van der Waals surface area (Å²) in [5.74, 6) is -0.362. The van der Waals surface area contributed by atoms with Crippen LogP contribution in [0.5, 0.6) is 0 Å². The number of carbonyl (C=O) groups excluding carboxylic acids is 1. The number of rotatable bonds is 4. The van der Waals surface area contributed by atoms with E-state index in [0.29, 0.717) is 15.7 Å². The summed E-state index contributed by atoms with van der Waals surface area (Å²) in [6.45, 7) is 8.21. The van der Waals surface area contributed by atoms with Crippen LogP contribution in [-0.2, 0) is 11.2 Å². The minimum absolute atomic E-state index is 0.362. The Labute approximate surface area is 152 Å². The number of hydrogen-bond donors (Lipinski definition) is 2. The van der Waals surface area contributed by atoms with E-state index in [1.807, 2.05) is 26.8 Å². The molecule has 0 unspecified atom stereocenters. The zero-order chi connectivity index (χ0) is 17.9. The molecule has 24 heavy (non-hydrogen) atoms. The van der Waals surface area contributed by atoms with Gasteiger partial charge < -0.3 is 15.4 Å². The Kier molecular flexibility index (Phi) is 5.96. The van der Waals surface area contributed by atoms with Crippen LogP contribution >= 0.6 is 23.6 Å². The minimum Gasteiger partial charge on any atom is -0.465 e. The molecule has 0 saturated carbocycles. The van der Waals surface area contributed by atoms with Crippen LogP contribution in [0, 0.1) is 20.8 Å². The van der Waals surface area contributed by atoms with Crippen LogP contribution in [0.15, 0.2) is 18.2 Å². The molecule has 2 aromatic rings. The average Bonchev–Trinajstić information content (AvgIpc) is 2.93. The van der Waals surface area contributed by atoms with Gasteiger partial charge in [-0.3, -0.25) is 0 Å². The summed E-state index contributed by atoms with van der Waals surface area (Å²) in [4.78, 5) is 13.0. The van der Waals surface area contributed by atoms with Gasteiger partial charge in [0.1, 0.15) is 5.00 Å². The maximum atomic E-state index is 11.9. The minimum atomic E-state index is -0.362. The lowest BCUT2D eigenvalue weighted by molar-refractivity contribution is 0.0602. The highest BCUT2D eigenvalue weighted by molar-refractivity contribution is 7.80. The molecule has 0 radical (unpaired) electrons. The average molecular weight is 363 g/mol. The van der Waals surface area contributed by atoms with Crippen molar-refractivity contribution in [1.82, 2.24) is 0 Å². The summed E-state index contributed by atoms with van der Waals surface area (Å²) in [7, 11) is 1.38. The Morgan fingerprint density at radius 2 is 1.79 bits per heavy atom. The fraction of sp³-hybridized carbons (Fsp3) is 0.333. The summed E-state index contributed by atoms with van der Waals surface area (Å²) in [6.07, 6.45) is 0.854. The largest absolute Gasteiger partial charge is 0.465 e. The Balaban J connectivity index is 2.22. The van der Waals surface area contributed by atoms with Crippen molar-refractivity contribution in [2.45, 2.75) is 34.1 Å². The molecule has 1 aromatic heterocycles. The summed E-state index contributed by atoms with van der Waals surface area (Å²) in [6, 6.07) is 6.07. The third-order valence-electron chi connectivity index (χ3n) is 3.68. The van der Waals surface area contributed by atoms with Crippen molar-refractivity contribution in [3.63, 3.8) is 0 Å². The van der Waals surface area contributed by atoms with Gasteiger partial charge in [0.2, 0.25) is 0 Å². The number of nitrogens with one attached hydrogen (secondary N) is 2. The van der Waals surface area contributed by atoms with E-state index < -0.39 is 0 Å². The molecule has 6 heteroatoms. The first-order valence-corrected chi connectivity index (χ1v) is 8.95. The Hall–Kier alpha value is -1.92. The van der Waals surface area contributed by atoms with Gasteiger partial charge in [-0.2, -0.15) is 0 Å². The zero-order valence-electron chi connectivity index (χ0n) is 14.6. The Bertz CT molecular complexity index is 758. The lowest BCUT2D eigenvalue weighted by Gasteiger charge is -2.15. The lowest BCUT2D eigenvalue weighted by atomic mass is 10.1. The van der Waals surface area contributed by atoms with E-state index in [2.05, 4.69) is 29.7 Å². The van der Waals surface area contributed by atoms with Gasteiger partial charge in [-0.1, -0.05) is 24.6 Å². The molecule has 0 aliphatic heterocycles. The van der Waals surface area contributed by atoms with Crippen molar-refractivity contribution in [3.8, 4) is 0 Å². The van der Waals surface area contributed by atoms with E-state index in [1.165, 1.54) is 24.0 Å². The van der Waals surface area contributed by atoms with E-state index >= 15 is 0 Å². The van der Waals surface area contributed by atoms with Gasteiger partial charge in [0.15, 0.2) is 5.11 Å². The lowest BCUT2D eigenvalue weighted by Crippen LogP contribution is -2.21. The fourth-order valence-corrected chi connectivity index (χ4v) is 3.85. The van der Waals surface area contributed by atoms with Crippen LogP contribution in [0.2, 0.25) is 0 Å². The maximum absolute atomic E-state index is 11.9. The summed E-state index contributed by atoms with van der Waals surface area (Å²) >= 11 is 6.94. The van der Waals surface area contributed by atoms with E-state index in [9.17, 15) is 4.79 Å². The number of benzene rings is 1. The number of anilines is 2. The van der Waals surface area contributed by atoms with Gasteiger partial charge in [-0.25, -0.2) is 4.79 Å². The highest BCUT2D eigenvalue weighted by Crippen LogP contribution is 2.30. The molecule has 0 spiro atoms. The Morgan fingerprint density at radius 1 is 1.17 bits per heavy atom. The monoisotopic (exact) mass is 362 g/mol. The normalized spacial score (nSPS) is 10.4. The molecule has 0 amide bonds. The van der Waals surface area contributed by atoms with Crippen LogP contribution in [0.25, 0.3) is 0 Å².